The molecule has 0 aliphatic carbocycles. The van der Waals surface area contributed by atoms with E-state index in [0.29, 0.717) is 6.42 Å². The number of phosphoric acid groups is 1. The SMILES string of the molecule is CCCCC/C=C\C/C=C\C/C=C\C/C=C\CCCCCC(=O)OC[C@H](COP(=O)(O)OCCN)O/C=C\CCCCCCCCCCCCCCCC. The van der Waals surface area contributed by atoms with Gasteiger partial charge in [0.2, 0.25) is 0 Å². The molecule has 0 aromatic heterocycles. The lowest BCUT2D eigenvalue weighted by atomic mass is 10.0. The van der Waals surface area contributed by atoms with E-state index in [0.717, 1.165) is 57.8 Å². The summed E-state index contributed by atoms with van der Waals surface area (Å²) in [6, 6.07) is 0. The Hall–Kier alpha value is -1.96. The van der Waals surface area contributed by atoms with Crippen LogP contribution in [0.15, 0.2) is 60.9 Å². The Labute approximate surface area is 332 Å². The first kappa shape index (κ1) is 52.0. The lowest BCUT2D eigenvalue weighted by molar-refractivity contribution is -0.147. The number of unbranched alkanes of at least 4 members (excludes halogenated alkanes) is 20. The molecule has 0 heterocycles. The summed E-state index contributed by atoms with van der Waals surface area (Å²) < 4.78 is 33.2. The summed E-state index contributed by atoms with van der Waals surface area (Å²) in [5, 5.41) is 0. The first-order valence-electron chi connectivity index (χ1n) is 21.8. The summed E-state index contributed by atoms with van der Waals surface area (Å²) in [7, 11) is -4.28. The maximum Gasteiger partial charge on any atom is 0.472 e. The smallest absolute Gasteiger partial charge is 0.472 e. The zero-order valence-corrected chi connectivity index (χ0v) is 35.6. The second kappa shape index (κ2) is 42.2. The zero-order valence-electron chi connectivity index (χ0n) is 34.7. The molecule has 0 aromatic carbocycles. The number of allylic oxidation sites excluding steroid dienone is 9. The van der Waals surface area contributed by atoms with Gasteiger partial charge in [-0.1, -0.05) is 165 Å². The number of hydrogen-bond donors (Lipinski definition) is 2. The highest BCUT2D eigenvalue weighted by Gasteiger charge is 2.24. The molecule has 0 fully saturated rings. The van der Waals surface area contributed by atoms with E-state index in [9.17, 15) is 14.3 Å². The van der Waals surface area contributed by atoms with Crippen LogP contribution in [-0.2, 0) is 27.9 Å². The average molecular weight is 780 g/mol. The number of esters is 1. The van der Waals surface area contributed by atoms with Gasteiger partial charge in [0.1, 0.15) is 6.61 Å². The Morgan fingerprint density at radius 3 is 1.52 bits per heavy atom. The van der Waals surface area contributed by atoms with Crippen LogP contribution >= 0.6 is 7.82 Å². The van der Waals surface area contributed by atoms with Crippen molar-refractivity contribution < 1.29 is 32.8 Å². The highest BCUT2D eigenvalue weighted by Crippen LogP contribution is 2.43. The standard InChI is InChI=1S/C45H82NO7P/c1-3-5-7-9-11-13-15-17-19-21-22-23-24-26-28-30-32-34-36-38-45(47)51-42-44(43-53-54(48,49)52-41-39-46)50-40-37-35-33-31-29-27-25-20-18-16-14-12-10-8-6-4-2/h11,13,17,19,22-23,26,28,37,40,44H,3-10,12,14-16,18,20-21,24-25,27,29-36,38-39,41-43,46H2,1-2H3,(H,48,49)/b13-11-,19-17-,23-22-,28-26-,40-37-/t44-/m1/s1. The molecule has 54 heavy (non-hydrogen) atoms. The van der Waals surface area contributed by atoms with Crippen molar-refractivity contribution in [2.75, 3.05) is 26.4 Å². The minimum Gasteiger partial charge on any atom is -0.492 e. The number of hydrogen-bond acceptors (Lipinski definition) is 7. The maximum atomic E-state index is 12.4. The summed E-state index contributed by atoms with van der Waals surface area (Å²) in [6.45, 7) is 4.15. The van der Waals surface area contributed by atoms with Crippen LogP contribution in [-0.4, -0.2) is 43.3 Å². The van der Waals surface area contributed by atoms with Crippen molar-refractivity contribution in [3.8, 4) is 0 Å². The van der Waals surface area contributed by atoms with Crippen LogP contribution in [0.5, 0.6) is 0 Å². The molecule has 2 atom stereocenters. The molecule has 8 nitrogen and oxygen atoms in total. The van der Waals surface area contributed by atoms with E-state index < -0.39 is 13.9 Å². The van der Waals surface area contributed by atoms with E-state index >= 15 is 0 Å². The lowest BCUT2D eigenvalue weighted by Gasteiger charge is -2.19. The number of nitrogens with two attached hydrogens (primary N) is 1. The van der Waals surface area contributed by atoms with Gasteiger partial charge in [-0.2, -0.15) is 0 Å². The first-order chi connectivity index (χ1) is 26.4. The number of rotatable bonds is 41. The Bertz CT molecular complexity index is 1010. The lowest BCUT2D eigenvalue weighted by Crippen LogP contribution is -2.25. The van der Waals surface area contributed by atoms with Gasteiger partial charge in [-0.05, 0) is 70.3 Å². The topological polar surface area (TPSA) is 117 Å². The quantitative estimate of drug-likeness (QED) is 0.0207. The van der Waals surface area contributed by atoms with Gasteiger partial charge in [0.25, 0.3) is 0 Å². The predicted octanol–water partition coefficient (Wildman–Crippen LogP) is 13.3. The molecule has 0 saturated carbocycles. The number of ether oxygens (including phenoxy) is 2. The monoisotopic (exact) mass is 780 g/mol. The van der Waals surface area contributed by atoms with Gasteiger partial charge in [-0.25, -0.2) is 4.57 Å². The molecule has 0 aliphatic rings. The molecule has 0 bridgehead atoms. The summed E-state index contributed by atoms with van der Waals surface area (Å²) in [4.78, 5) is 22.3. The molecule has 0 spiro atoms. The Kier molecular flexibility index (Phi) is 40.7. The normalized spacial score (nSPS) is 14.0. The van der Waals surface area contributed by atoms with Crippen LogP contribution in [0.1, 0.15) is 187 Å². The third kappa shape index (κ3) is 41.2. The Morgan fingerprint density at radius 1 is 0.574 bits per heavy atom. The van der Waals surface area contributed by atoms with Crippen LogP contribution in [0, 0.1) is 0 Å². The molecule has 0 saturated heterocycles. The number of carbonyl (C=O) groups is 1. The van der Waals surface area contributed by atoms with Gasteiger partial charge in [0, 0.05) is 13.0 Å². The van der Waals surface area contributed by atoms with Gasteiger partial charge in [0.15, 0.2) is 6.10 Å². The highest BCUT2D eigenvalue weighted by molar-refractivity contribution is 7.47. The van der Waals surface area contributed by atoms with E-state index in [2.05, 4.69) is 62.5 Å². The second-order valence-electron chi connectivity index (χ2n) is 14.3. The third-order valence-electron chi connectivity index (χ3n) is 9.03. The van der Waals surface area contributed by atoms with Crippen molar-refractivity contribution >= 4 is 13.8 Å². The molecular weight excluding hydrogens is 697 g/mol. The first-order valence-corrected chi connectivity index (χ1v) is 23.3. The minimum absolute atomic E-state index is 0.0822. The van der Waals surface area contributed by atoms with Crippen LogP contribution in [0.3, 0.4) is 0 Å². The fraction of sp³-hybridized carbons (Fsp3) is 0.756. The van der Waals surface area contributed by atoms with E-state index in [-0.39, 0.29) is 32.3 Å². The molecule has 9 heteroatoms. The molecule has 3 N–H and O–H groups in total. The van der Waals surface area contributed by atoms with Crippen LogP contribution in [0.25, 0.3) is 0 Å². The molecular formula is C45H82NO7P. The summed E-state index contributed by atoms with van der Waals surface area (Å²) >= 11 is 0. The van der Waals surface area contributed by atoms with Gasteiger partial charge in [-0.15, -0.1) is 0 Å². The fourth-order valence-electron chi connectivity index (χ4n) is 5.73. The maximum absolute atomic E-state index is 12.4. The van der Waals surface area contributed by atoms with Gasteiger partial charge < -0.3 is 20.1 Å². The van der Waals surface area contributed by atoms with Crippen molar-refractivity contribution in [3.05, 3.63) is 60.9 Å². The minimum atomic E-state index is -4.28. The van der Waals surface area contributed by atoms with E-state index in [1.54, 1.807) is 6.26 Å². The predicted molar refractivity (Wildman–Crippen MR) is 228 cm³/mol. The highest BCUT2D eigenvalue weighted by atomic mass is 31.2. The largest absolute Gasteiger partial charge is 0.492 e. The summed E-state index contributed by atoms with van der Waals surface area (Å²) in [5.41, 5.74) is 5.36. The second-order valence-corrected chi connectivity index (χ2v) is 15.7. The summed E-state index contributed by atoms with van der Waals surface area (Å²) in [5.74, 6) is -0.320. The Morgan fingerprint density at radius 2 is 1.00 bits per heavy atom. The molecule has 0 aliphatic heterocycles. The molecule has 0 aromatic rings. The molecule has 1 unspecified atom stereocenters. The number of carbonyl (C=O) groups excluding carboxylic acids is 1. The van der Waals surface area contributed by atoms with Gasteiger partial charge >= 0.3 is 13.8 Å². The van der Waals surface area contributed by atoms with E-state index in [1.807, 2.05) is 6.08 Å². The van der Waals surface area contributed by atoms with Gasteiger partial charge in [0.05, 0.1) is 19.5 Å². The zero-order chi connectivity index (χ0) is 39.5. The average Bonchev–Trinajstić information content (AvgIpc) is 3.16. The van der Waals surface area contributed by atoms with Crippen molar-refractivity contribution in [3.63, 3.8) is 0 Å². The van der Waals surface area contributed by atoms with Crippen molar-refractivity contribution in [1.82, 2.24) is 0 Å². The molecule has 0 rings (SSSR count). The van der Waals surface area contributed by atoms with Crippen molar-refractivity contribution in [1.29, 1.82) is 0 Å². The third-order valence-corrected chi connectivity index (χ3v) is 10.0. The van der Waals surface area contributed by atoms with E-state index in [4.69, 9.17) is 24.3 Å². The van der Waals surface area contributed by atoms with Crippen LogP contribution < -0.4 is 5.73 Å². The molecule has 0 amide bonds. The van der Waals surface area contributed by atoms with Crippen molar-refractivity contribution in [2.24, 2.45) is 5.73 Å². The van der Waals surface area contributed by atoms with Crippen molar-refractivity contribution in [2.45, 2.75) is 193 Å². The van der Waals surface area contributed by atoms with Crippen LogP contribution in [0.2, 0.25) is 0 Å². The Balaban J connectivity index is 4.15. The van der Waals surface area contributed by atoms with Crippen LogP contribution in [0.4, 0.5) is 0 Å². The van der Waals surface area contributed by atoms with E-state index in [1.165, 1.54) is 109 Å². The molecule has 0 radical (unpaired) electrons. The fourth-order valence-corrected chi connectivity index (χ4v) is 6.49. The number of phosphoric ester groups is 1. The van der Waals surface area contributed by atoms with Gasteiger partial charge in [-0.3, -0.25) is 13.8 Å². The summed E-state index contributed by atoms with van der Waals surface area (Å²) in [6.07, 6.45) is 51.9. The molecule has 314 valence electrons.